The maximum atomic E-state index is 12.3. The van der Waals surface area contributed by atoms with Crippen molar-refractivity contribution in [1.29, 1.82) is 0 Å². The number of carbonyl (C=O) groups is 1. The van der Waals surface area contributed by atoms with E-state index >= 15 is 0 Å². The number of hydrogen-bond donors (Lipinski definition) is 2. The van der Waals surface area contributed by atoms with Crippen molar-refractivity contribution in [3.8, 4) is 11.1 Å². The fraction of sp³-hybridized carbons (Fsp3) is 0.318. The first-order valence-electron chi connectivity index (χ1n) is 9.67. The Morgan fingerprint density at radius 1 is 1.17 bits per heavy atom. The molecule has 0 aliphatic rings. The lowest BCUT2D eigenvalue weighted by Gasteiger charge is -2.14. The van der Waals surface area contributed by atoms with Crippen molar-refractivity contribution in [1.82, 2.24) is 25.2 Å². The summed E-state index contributed by atoms with van der Waals surface area (Å²) in [5.41, 5.74) is 4.62. The van der Waals surface area contributed by atoms with Crippen molar-refractivity contribution in [3.63, 3.8) is 0 Å². The third-order valence-electron chi connectivity index (χ3n) is 4.62. The second-order valence-electron chi connectivity index (χ2n) is 7.24. The fourth-order valence-electron chi connectivity index (χ4n) is 3.22. The van der Waals surface area contributed by atoms with Crippen molar-refractivity contribution >= 4 is 5.91 Å². The van der Waals surface area contributed by atoms with Gasteiger partial charge in [-0.15, -0.1) is 5.10 Å². The average Bonchev–Trinajstić information content (AvgIpc) is 3.24. The zero-order valence-corrected chi connectivity index (χ0v) is 16.9. The fourth-order valence-corrected chi connectivity index (χ4v) is 3.22. The Kier molecular flexibility index (Phi) is 7.10. The summed E-state index contributed by atoms with van der Waals surface area (Å²) in [6, 6.07) is 13.6. The summed E-state index contributed by atoms with van der Waals surface area (Å²) in [7, 11) is 4.04. The Morgan fingerprint density at radius 3 is 2.62 bits per heavy atom. The van der Waals surface area contributed by atoms with Gasteiger partial charge in [0.25, 0.3) is 5.91 Å². The van der Waals surface area contributed by atoms with E-state index in [2.05, 4.69) is 26.6 Å². The smallest absolute Gasteiger partial charge is 0.251 e. The molecule has 0 bridgehead atoms. The maximum Gasteiger partial charge on any atom is 0.251 e. The normalized spacial score (nSPS) is 11.0. The van der Waals surface area contributed by atoms with E-state index in [1.165, 1.54) is 0 Å². The highest BCUT2D eigenvalue weighted by Gasteiger charge is 2.09. The van der Waals surface area contributed by atoms with Gasteiger partial charge in [0.05, 0.1) is 12.8 Å². The monoisotopic (exact) mass is 393 g/mol. The second kappa shape index (κ2) is 9.95. The molecule has 7 nitrogen and oxygen atoms in total. The number of aromatic nitrogens is 3. The summed E-state index contributed by atoms with van der Waals surface area (Å²) >= 11 is 0. The molecule has 0 unspecified atom stereocenters. The lowest BCUT2D eigenvalue weighted by molar-refractivity contribution is 0.0952. The van der Waals surface area contributed by atoms with E-state index < -0.39 is 0 Å². The van der Waals surface area contributed by atoms with Crippen LogP contribution in [0, 0.1) is 0 Å². The Hall–Kier alpha value is -3.03. The topological polar surface area (TPSA) is 83.3 Å². The molecule has 0 fully saturated rings. The third-order valence-corrected chi connectivity index (χ3v) is 4.62. The molecule has 1 aromatic heterocycles. The minimum absolute atomic E-state index is 0.0232. The molecule has 0 atom stereocenters. The van der Waals surface area contributed by atoms with Crippen LogP contribution in [0.15, 0.2) is 54.9 Å². The Labute approximate surface area is 171 Å². The van der Waals surface area contributed by atoms with Crippen LogP contribution in [0.25, 0.3) is 11.1 Å². The molecule has 3 rings (SSSR count). The first kappa shape index (κ1) is 20.7. The van der Waals surface area contributed by atoms with Crippen molar-refractivity contribution in [2.75, 3.05) is 20.6 Å². The second-order valence-corrected chi connectivity index (χ2v) is 7.24. The van der Waals surface area contributed by atoms with Gasteiger partial charge in [-0.05, 0) is 54.9 Å². The number of aliphatic hydroxyl groups is 1. The van der Waals surface area contributed by atoms with Gasteiger partial charge in [0, 0.05) is 31.4 Å². The predicted molar refractivity (Wildman–Crippen MR) is 112 cm³/mol. The Morgan fingerprint density at radius 2 is 1.97 bits per heavy atom. The van der Waals surface area contributed by atoms with Crippen LogP contribution in [0.5, 0.6) is 0 Å². The highest BCUT2D eigenvalue weighted by Crippen LogP contribution is 2.26. The van der Waals surface area contributed by atoms with Gasteiger partial charge in [-0.25, -0.2) is 0 Å². The van der Waals surface area contributed by atoms with Crippen molar-refractivity contribution in [2.45, 2.75) is 26.1 Å². The maximum absolute atomic E-state index is 12.3. The molecular formula is C22H27N5O2. The number of hydrogen-bond acceptors (Lipinski definition) is 5. The predicted octanol–water partition coefficient (Wildman–Crippen LogP) is 2.32. The lowest BCUT2D eigenvalue weighted by atomic mass is 9.97. The number of benzene rings is 2. The molecule has 0 aliphatic carbocycles. The molecule has 0 aliphatic heterocycles. The van der Waals surface area contributed by atoms with Gasteiger partial charge in [0.2, 0.25) is 0 Å². The molecule has 2 aromatic carbocycles. The van der Waals surface area contributed by atoms with Crippen molar-refractivity contribution in [3.05, 3.63) is 71.5 Å². The van der Waals surface area contributed by atoms with Gasteiger partial charge in [-0.1, -0.05) is 35.5 Å². The van der Waals surface area contributed by atoms with Crippen LogP contribution in [-0.2, 0) is 19.7 Å². The van der Waals surface area contributed by atoms with Crippen LogP contribution >= 0.6 is 0 Å². The third kappa shape index (κ3) is 5.73. The first-order chi connectivity index (χ1) is 14.1. The minimum atomic E-state index is -0.0983. The van der Waals surface area contributed by atoms with Gasteiger partial charge >= 0.3 is 0 Å². The van der Waals surface area contributed by atoms with Crippen LogP contribution in [0.4, 0.5) is 0 Å². The van der Waals surface area contributed by atoms with E-state index in [9.17, 15) is 9.90 Å². The summed E-state index contributed by atoms with van der Waals surface area (Å²) in [6.45, 7) is 2.09. The van der Waals surface area contributed by atoms with E-state index in [0.717, 1.165) is 35.2 Å². The summed E-state index contributed by atoms with van der Waals surface area (Å²) in [4.78, 5) is 14.4. The quantitative estimate of drug-likeness (QED) is 0.545. The molecular weight excluding hydrogens is 366 g/mol. The molecule has 1 amide bonds. The van der Waals surface area contributed by atoms with E-state index in [-0.39, 0.29) is 12.5 Å². The molecule has 1 heterocycles. The van der Waals surface area contributed by atoms with Gasteiger partial charge in [-0.3, -0.25) is 9.48 Å². The van der Waals surface area contributed by atoms with Crippen molar-refractivity contribution < 1.29 is 9.90 Å². The molecule has 29 heavy (non-hydrogen) atoms. The van der Waals surface area contributed by atoms with Crippen LogP contribution in [0.1, 0.15) is 27.9 Å². The number of nitrogens with one attached hydrogen (secondary N) is 1. The molecule has 3 aromatic rings. The van der Waals surface area contributed by atoms with Crippen LogP contribution in [0.2, 0.25) is 0 Å². The number of aliphatic hydroxyl groups excluding tert-OH is 1. The molecule has 152 valence electrons. The standard InChI is InChI=1S/C22H27N5O2/c1-26(2)15-17-4-9-21(20(14-17)16-28)18-5-7-19(8-6-18)22(29)23-10-3-12-27-13-11-24-25-27/h4-9,11,13-14,28H,3,10,12,15-16H2,1-2H3,(H,23,29). The summed E-state index contributed by atoms with van der Waals surface area (Å²) in [5, 5.41) is 20.4. The lowest BCUT2D eigenvalue weighted by Crippen LogP contribution is -2.25. The number of rotatable bonds is 9. The van der Waals surface area contributed by atoms with Crippen LogP contribution < -0.4 is 5.32 Å². The number of amides is 1. The molecule has 2 N–H and O–H groups in total. The minimum Gasteiger partial charge on any atom is -0.392 e. The van der Waals surface area contributed by atoms with E-state index in [1.54, 1.807) is 17.1 Å². The van der Waals surface area contributed by atoms with Crippen LogP contribution in [-0.4, -0.2) is 51.5 Å². The van der Waals surface area contributed by atoms with E-state index in [4.69, 9.17) is 0 Å². The molecule has 0 saturated heterocycles. The van der Waals surface area contributed by atoms with Gasteiger partial charge in [-0.2, -0.15) is 0 Å². The zero-order valence-electron chi connectivity index (χ0n) is 16.9. The highest BCUT2D eigenvalue weighted by molar-refractivity contribution is 5.94. The summed E-state index contributed by atoms with van der Waals surface area (Å²) in [5.74, 6) is -0.0983. The Bertz CT molecular complexity index is 921. The van der Waals surface area contributed by atoms with Crippen molar-refractivity contribution in [2.24, 2.45) is 0 Å². The average molecular weight is 393 g/mol. The van der Waals surface area contributed by atoms with E-state index in [0.29, 0.717) is 18.7 Å². The highest BCUT2D eigenvalue weighted by atomic mass is 16.3. The zero-order chi connectivity index (χ0) is 20.6. The van der Waals surface area contributed by atoms with Gasteiger partial charge in [0.1, 0.15) is 0 Å². The molecule has 0 radical (unpaired) electrons. The van der Waals surface area contributed by atoms with Gasteiger partial charge in [0.15, 0.2) is 0 Å². The Balaban J connectivity index is 1.61. The summed E-state index contributed by atoms with van der Waals surface area (Å²) in [6.07, 6.45) is 4.22. The molecule has 0 spiro atoms. The number of nitrogens with zero attached hydrogens (tertiary/aromatic N) is 4. The SMILES string of the molecule is CN(C)Cc1ccc(-c2ccc(C(=O)NCCCn3ccnn3)cc2)c(CO)c1. The summed E-state index contributed by atoms with van der Waals surface area (Å²) < 4.78 is 1.74. The van der Waals surface area contributed by atoms with Gasteiger partial charge < -0.3 is 15.3 Å². The van der Waals surface area contributed by atoms with Crippen LogP contribution in [0.3, 0.4) is 0 Å². The first-order valence-corrected chi connectivity index (χ1v) is 9.67. The number of carbonyl (C=O) groups excluding carboxylic acids is 1. The molecule has 0 saturated carbocycles. The number of aryl methyl sites for hydroxylation is 1. The molecule has 7 heteroatoms. The largest absolute Gasteiger partial charge is 0.392 e. The van der Waals surface area contributed by atoms with E-state index in [1.807, 2.05) is 50.5 Å².